The van der Waals surface area contributed by atoms with Gasteiger partial charge in [0.05, 0.1) is 11.8 Å². The maximum atomic E-state index is 10.8. The standard InChI is InChI=1S/C13H15N3O2/c1-2-16-9-10(8-15-16)7-14-12-5-3-4-11(6-12)13(17)18/h3-6,8-9,14H,2,7H2,1H3,(H,17,18). The van der Waals surface area contributed by atoms with Crippen molar-refractivity contribution in [2.45, 2.75) is 20.0 Å². The van der Waals surface area contributed by atoms with Gasteiger partial charge in [-0.05, 0) is 25.1 Å². The molecule has 2 rings (SSSR count). The lowest BCUT2D eigenvalue weighted by Crippen LogP contribution is -2.01. The van der Waals surface area contributed by atoms with E-state index in [-0.39, 0.29) is 5.56 Å². The van der Waals surface area contributed by atoms with E-state index in [1.54, 1.807) is 24.4 Å². The van der Waals surface area contributed by atoms with Crippen molar-refractivity contribution in [3.63, 3.8) is 0 Å². The Kier molecular flexibility index (Phi) is 3.62. The van der Waals surface area contributed by atoms with Crippen LogP contribution in [-0.2, 0) is 13.1 Å². The van der Waals surface area contributed by atoms with Crippen molar-refractivity contribution in [3.8, 4) is 0 Å². The molecule has 0 unspecified atom stereocenters. The molecule has 1 aromatic heterocycles. The van der Waals surface area contributed by atoms with Gasteiger partial charge >= 0.3 is 5.97 Å². The van der Waals surface area contributed by atoms with Crippen LogP contribution in [0.5, 0.6) is 0 Å². The summed E-state index contributed by atoms with van der Waals surface area (Å²) in [5.41, 5.74) is 2.14. The number of rotatable bonds is 5. The van der Waals surface area contributed by atoms with Crippen LogP contribution in [0.1, 0.15) is 22.8 Å². The fourth-order valence-corrected chi connectivity index (χ4v) is 1.64. The van der Waals surface area contributed by atoms with E-state index in [0.29, 0.717) is 6.54 Å². The number of hydrogen-bond acceptors (Lipinski definition) is 3. The molecule has 0 aliphatic heterocycles. The SMILES string of the molecule is CCn1cc(CNc2cccc(C(=O)O)c2)cn1. The van der Waals surface area contributed by atoms with E-state index >= 15 is 0 Å². The van der Waals surface area contributed by atoms with Gasteiger partial charge in [-0.2, -0.15) is 5.10 Å². The predicted octanol–water partition coefficient (Wildman–Crippen LogP) is 2.21. The summed E-state index contributed by atoms with van der Waals surface area (Å²) in [5.74, 6) is -0.919. The van der Waals surface area contributed by atoms with Crippen LogP contribution < -0.4 is 5.32 Å². The van der Waals surface area contributed by atoms with E-state index in [0.717, 1.165) is 17.8 Å². The molecule has 0 radical (unpaired) electrons. The molecule has 0 fully saturated rings. The molecule has 0 aliphatic carbocycles. The minimum Gasteiger partial charge on any atom is -0.478 e. The van der Waals surface area contributed by atoms with Crippen molar-refractivity contribution in [3.05, 3.63) is 47.8 Å². The number of carboxylic acid groups (broad SMARTS) is 1. The van der Waals surface area contributed by atoms with Gasteiger partial charge in [0.2, 0.25) is 0 Å². The van der Waals surface area contributed by atoms with Gasteiger partial charge in [-0.3, -0.25) is 4.68 Å². The normalized spacial score (nSPS) is 10.3. The van der Waals surface area contributed by atoms with Gasteiger partial charge in [0.15, 0.2) is 0 Å². The monoisotopic (exact) mass is 245 g/mol. The summed E-state index contributed by atoms with van der Waals surface area (Å²) in [4.78, 5) is 10.8. The largest absolute Gasteiger partial charge is 0.478 e. The van der Waals surface area contributed by atoms with Crippen LogP contribution >= 0.6 is 0 Å². The number of carboxylic acids is 1. The van der Waals surface area contributed by atoms with Gasteiger partial charge in [-0.25, -0.2) is 4.79 Å². The second-order valence-electron chi connectivity index (χ2n) is 3.94. The quantitative estimate of drug-likeness (QED) is 0.847. The van der Waals surface area contributed by atoms with Crippen LogP contribution in [0.25, 0.3) is 0 Å². The predicted molar refractivity (Wildman–Crippen MR) is 68.6 cm³/mol. The molecule has 1 aromatic carbocycles. The Hall–Kier alpha value is -2.30. The Balaban J connectivity index is 2.01. The van der Waals surface area contributed by atoms with E-state index in [2.05, 4.69) is 10.4 Å². The lowest BCUT2D eigenvalue weighted by molar-refractivity contribution is 0.0697. The molecular weight excluding hydrogens is 230 g/mol. The highest BCUT2D eigenvalue weighted by molar-refractivity contribution is 5.88. The van der Waals surface area contributed by atoms with Gasteiger partial charge < -0.3 is 10.4 Å². The fourth-order valence-electron chi connectivity index (χ4n) is 1.64. The topological polar surface area (TPSA) is 67.2 Å². The van der Waals surface area contributed by atoms with Crippen molar-refractivity contribution in [1.82, 2.24) is 9.78 Å². The average molecular weight is 245 g/mol. The zero-order valence-electron chi connectivity index (χ0n) is 10.1. The van der Waals surface area contributed by atoms with Gasteiger partial charge in [0, 0.05) is 30.5 Å². The molecule has 0 amide bonds. The van der Waals surface area contributed by atoms with Crippen molar-refractivity contribution < 1.29 is 9.90 Å². The smallest absolute Gasteiger partial charge is 0.335 e. The summed E-state index contributed by atoms with van der Waals surface area (Å²) in [6, 6.07) is 6.76. The van der Waals surface area contributed by atoms with E-state index in [1.165, 1.54) is 0 Å². The molecule has 5 heteroatoms. The first-order valence-corrected chi connectivity index (χ1v) is 5.77. The highest BCUT2D eigenvalue weighted by Crippen LogP contribution is 2.12. The van der Waals surface area contributed by atoms with Crippen LogP contribution in [0.2, 0.25) is 0 Å². The minimum atomic E-state index is -0.919. The van der Waals surface area contributed by atoms with Gasteiger partial charge in [-0.1, -0.05) is 6.07 Å². The second-order valence-corrected chi connectivity index (χ2v) is 3.94. The maximum absolute atomic E-state index is 10.8. The Morgan fingerprint density at radius 3 is 3.00 bits per heavy atom. The second kappa shape index (κ2) is 5.35. The molecule has 2 aromatic rings. The van der Waals surface area contributed by atoms with Crippen molar-refractivity contribution in [2.75, 3.05) is 5.32 Å². The summed E-state index contributed by atoms with van der Waals surface area (Å²) in [6.07, 6.45) is 3.77. The number of anilines is 1. The van der Waals surface area contributed by atoms with Crippen molar-refractivity contribution in [1.29, 1.82) is 0 Å². The molecule has 2 N–H and O–H groups in total. The fraction of sp³-hybridized carbons (Fsp3) is 0.231. The molecule has 1 heterocycles. The van der Waals surface area contributed by atoms with Crippen LogP contribution in [0, 0.1) is 0 Å². The van der Waals surface area contributed by atoms with Crippen molar-refractivity contribution in [2.24, 2.45) is 0 Å². The molecule has 0 saturated heterocycles. The van der Waals surface area contributed by atoms with Gasteiger partial charge in [0.25, 0.3) is 0 Å². The van der Waals surface area contributed by atoms with Crippen LogP contribution in [0.4, 0.5) is 5.69 Å². The number of carbonyl (C=O) groups is 1. The third-order valence-corrected chi connectivity index (χ3v) is 2.62. The average Bonchev–Trinajstić information content (AvgIpc) is 2.84. The van der Waals surface area contributed by atoms with Crippen LogP contribution in [0.3, 0.4) is 0 Å². The summed E-state index contributed by atoms with van der Waals surface area (Å²) in [5, 5.41) is 16.2. The number of aromatic carboxylic acids is 1. The minimum absolute atomic E-state index is 0.282. The summed E-state index contributed by atoms with van der Waals surface area (Å²) in [7, 11) is 0. The zero-order valence-corrected chi connectivity index (χ0v) is 10.1. The Morgan fingerprint density at radius 1 is 1.50 bits per heavy atom. The number of hydrogen-bond donors (Lipinski definition) is 2. The van der Waals surface area contributed by atoms with Crippen molar-refractivity contribution >= 4 is 11.7 Å². The Bertz CT molecular complexity index is 549. The first-order valence-electron chi connectivity index (χ1n) is 5.77. The Labute approximate surface area is 105 Å². The lowest BCUT2D eigenvalue weighted by Gasteiger charge is -2.05. The molecule has 0 aliphatic rings. The Morgan fingerprint density at radius 2 is 2.33 bits per heavy atom. The molecule has 0 bridgehead atoms. The third-order valence-electron chi connectivity index (χ3n) is 2.62. The summed E-state index contributed by atoms with van der Waals surface area (Å²) >= 11 is 0. The highest BCUT2D eigenvalue weighted by Gasteiger charge is 2.03. The lowest BCUT2D eigenvalue weighted by atomic mass is 10.2. The molecule has 0 saturated carbocycles. The molecule has 0 spiro atoms. The summed E-state index contributed by atoms with van der Waals surface area (Å²) < 4.78 is 1.85. The van der Waals surface area contributed by atoms with E-state index < -0.39 is 5.97 Å². The number of aromatic nitrogens is 2. The number of nitrogens with one attached hydrogen (secondary N) is 1. The number of benzene rings is 1. The third kappa shape index (κ3) is 2.88. The molecule has 5 nitrogen and oxygen atoms in total. The van der Waals surface area contributed by atoms with Gasteiger partial charge in [0.1, 0.15) is 0 Å². The molecule has 18 heavy (non-hydrogen) atoms. The molecular formula is C13H15N3O2. The summed E-state index contributed by atoms with van der Waals surface area (Å²) in [6.45, 7) is 3.50. The van der Waals surface area contributed by atoms with E-state index in [9.17, 15) is 4.79 Å². The number of nitrogens with zero attached hydrogens (tertiary/aromatic N) is 2. The van der Waals surface area contributed by atoms with E-state index in [4.69, 9.17) is 5.11 Å². The van der Waals surface area contributed by atoms with Gasteiger partial charge in [-0.15, -0.1) is 0 Å². The first kappa shape index (κ1) is 12.2. The van der Waals surface area contributed by atoms with E-state index in [1.807, 2.05) is 23.9 Å². The maximum Gasteiger partial charge on any atom is 0.335 e. The molecule has 0 atom stereocenters. The first-order chi connectivity index (χ1) is 8.69. The number of aryl methyl sites for hydroxylation is 1. The van der Waals surface area contributed by atoms with Crippen LogP contribution in [0.15, 0.2) is 36.7 Å². The molecule has 94 valence electrons. The van der Waals surface area contributed by atoms with Crippen LogP contribution in [-0.4, -0.2) is 20.9 Å². The zero-order chi connectivity index (χ0) is 13.0. The highest BCUT2D eigenvalue weighted by atomic mass is 16.4.